The molecular weight excluding hydrogens is 186 g/mol. The highest BCUT2D eigenvalue weighted by atomic mass is 35.5. The Hall–Kier alpha value is -0.540. The molecule has 1 aromatic heterocycles. The van der Waals surface area contributed by atoms with E-state index >= 15 is 0 Å². The molecule has 0 amide bonds. The quantitative estimate of drug-likeness (QED) is 0.688. The first-order valence-corrected chi connectivity index (χ1v) is 5.02. The molecule has 2 rings (SSSR count). The molecule has 4 heteroatoms. The zero-order chi connectivity index (χ0) is 9.26. The van der Waals surface area contributed by atoms with Gasteiger partial charge in [-0.15, -0.1) is 0 Å². The molecule has 2 heterocycles. The minimum absolute atomic E-state index is 0.508. The predicted octanol–water partition coefficient (Wildman–Crippen LogP) is 1.80. The fourth-order valence-electron chi connectivity index (χ4n) is 1.93. The van der Waals surface area contributed by atoms with E-state index in [4.69, 9.17) is 11.6 Å². The average molecular weight is 200 g/mol. The number of likely N-dealkylation sites (N-methyl/N-ethyl adjacent to an activating group) is 1. The molecular formula is C9H14ClN3. The molecule has 1 aromatic rings. The number of hydrogen-bond donors (Lipinski definition) is 0. The van der Waals surface area contributed by atoms with Crippen LogP contribution in [-0.2, 0) is 0 Å². The van der Waals surface area contributed by atoms with E-state index in [9.17, 15) is 0 Å². The number of imidazole rings is 1. The van der Waals surface area contributed by atoms with Gasteiger partial charge in [-0.1, -0.05) is 0 Å². The highest BCUT2D eigenvalue weighted by Gasteiger charge is 2.19. The molecule has 13 heavy (non-hydrogen) atoms. The summed E-state index contributed by atoms with van der Waals surface area (Å²) in [6, 6.07) is 0.508. The van der Waals surface area contributed by atoms with E-state index in [-0.39, 0.29) is 0 Å². The van der Waals surface area contributed by atoms with Gasteiger partial charge in [0.15, 0.2) is 0 Å². The van der Waals surface area contributed by atoms with Gasteiger partial charge in [-0.2, -0.15) is 0 Å². The average Bonchev–Trinajstić information content (AvgIpc) is 2.51. The fraction of sp³-hybridized carbons (Fsp3) is 0.667. The lowest BCUT2D eigenvalue weighted by Crippen LogP contribution is -2.33. The molecule has 1 saturated heterocycles. The molecule has 0 N–H and O–H groups in total. The Balaban J connectivity index is 2.12. The van der Waals surface area contributed by atoms with Crippen LogP contribution in [0.1, 0.15) is 18.9 Å². The van der Waals surface area contributed by atoms with Crippen molar-refractivity contribution in [2.45, 2.75) is 18.9 Å². The summed E-state index contributed by atoms with van der Waals surface area (Å²) >= 11 is 5.95. The van der Waals surface area contributed by atoms with E-state index in [1.54, 1.807) is 6.20 Å². The molecule has 1 aliphatic rings. The highest BCUT2D eigenvalue weighted by Crippen LogP contribution is 2.23. The van der Waals surface area contributed by atoms with Crippen molar-refractivity contribution in [1.29, 1.82) is 0 Å². The summed E-state index contributed by atoms with van der Waals surface area (Å²) < 4.78 is 2.07. The molecule has 1 aliphatic heterocycles. The van der Waals surface area contributed by atoms with Crippen molar-refractivity contribution in [1.82, 2.24) is 14.5 Å². The van der Waals surface area contributed by atoms with Crippen LogP contribution in [0.4, 0.5) is 0 Å². The van der Waals surface area contributed by atoms with Crippen LogP contribution in [0.3, 0.4) is 0 Å². The third-order valence-corrected chi connectivity index (χ3v) is 2.91. The van der Waals surface area contributed by atoms with E-state index in [0.717, 1.165) is 6.54 Å². The van der Waals surface area contributed by atoms with E-state index in [2.05, 4.69) is 21.5 Å². The van der Waals surface area contributed by atoms with Crippen molar-refractivity contribution in [2.24, 2.45) is 0 Å². The second kappa shape index (κ2) is 3.68. The smallest absolute Gasteiger partial charge is 0.202 e. The minimum Gasteiger partial charge on any atom is -0.317 e. The van der Waals surface area contributed by atoms with Crippen molar-refractivity contribution >= 4 is 11.6 Å². The van der Waals surface area contributed by atoms with E-state index < -0.39 is 0 Å². The Morgan fingerprint density at radius 2 is 2.46 bits per heavy atom. The third kappa shape index (κ3) is 1.86. The summed E-state index contributed by atoms with van der Waals surface area (Å²) in [7, 11) is 2.15. The summed E-state index contributed by atoms with van der Waals surface area (Å²) in [6.07, 6.45) is 6.18. The lowest BCUT2D eigenvalue weighted by molar-refractivity contribution is 0.212. The summed E-state index contributed by atoms with van der Waals surface area (Å²) in [5.74, 6) is 0. The zero-order valence-electron chi connectivity index (χ0n) is 7.78. The molecule has 0 saturated carbocycles. The first-order chi connectivity index (χ1) is 6.27. The van der Waals surface area contributed by atoms with E-state index in [1.165, 1.54) is 19.4 Å². The summed E-state index contributed by atoms with van der Waals surface area (Å²) in [5, 5.41) is 0.611. The Kier molecular flexibility index (Phi) is 2.56. The normalized spacial score (nSPS) is 24.9. The van der Waals surface area contributed by atoms with Gasteiger partial charge in [0.25, 0.3) is 0 Å². The number of aromatic nitrogens is 2. The maximum absolute atomic E-state index is 5.95. The molecule has 0 radical (unpaired) electrons. The van der Waals surface area contributed by atoms with Gasteiger partial charge in [0.1, 0.15) is 0 Å². The standard InChI is InChI=1S/C9H14ClN3/c1-12-5-2-3-8(7-12)13-6-4-11-9(13)10/h4,6,8H,2-3,5,7H2,1H3. The van der Waals surface area contributed by atoms with E-state index in [0.29, 0.717) is 11.3 Å². The molecule has 0 aromatic carbocycles. The van der Waals surface area contributed by atoms with Crippen LogP contribution in [0.15, 0.2) is 12.4 Å². The highest BCUT2D eigenvalue weighted by molar-refractivity contribution is 6.28. The number of rotatable bonds is 1. The Morgan fingerprint density at radius 1 is 1.62 bits per heavy atom. The molecule has 1 atom stereocenters. The lowest BCUT2D eigenvalue weighted by atomic mass is 10.1. The first-order valence-electron chi connectivity index (χ1n) is 4.64. The molecule has 1 unspecified atom stereocenters. The van der Waals surface area contributed by atoms with Gasteiger partial charge < -0.3 is 9.47 Å². The molecule has 0 bridgehead atoms. The van der Waals surface area contributed by atoms with Crippen LogP contribution >= 0.6 is 11.6 Å². The van der Waals surface area contributed by atoms with Gasteiger partial charge in [0.05, 0.1) is 0 Å². The maximum atomic E-state index is 5.95. The van der Waals surface area contributed by atoms with Crippen LogP contribution < -0.4 is 0 Å². The SMILES string of the molecule is CN1CCCC(n2ccnc2Cl)C1. The Morgan fingerprint density at radius 3 is 3.08 bits per heavy atom. The van der Waals surface area contributed by atoms with Gasteiger partial charge in [-0.25, -0.2) is 4.98 Å². The summed E-state index contributed by atoms with van der Waals surface area (Å²) in [6.45, 7) is 2.28. The van der Waals surface area contributed by atoms with Crippen molar-refractivity contribution in [3.8, 4) is 0 Å². The van der Waals surface area contributed by atoms with Crippen molar-refractivity contribution in [2.75, 3.05) is 20.1 Å². The van der Waals surface area contributed by atoms with Gasteiger partial charge >= 0.3 is 0 Å². The van der Waals surface area contributed by atoms with Crippen LogP contribution in [0.5, 0.6) is 0 Å². The molecule has 1 fully saturated rings. The number of likely N-dealkylation sites (tertiary alicyclic amines) is 1. The van der Waals surface area contributed by atoms with Gasteiger partial charge in [-0.3, -0.25) is 0 Å². The van der Waals surface area contributed by atoms with Crippen molar-refractivity contribution in [3.63, 3.8) is 0 Å². The van der Waals surface area contributed by atoms with Crippen LogP contribution in [0.25, 0.3) is 0 Å². The van der Waals surface area contributed by atoms with Gasteiger partial charge in [-0.05, 0) is 38.0 Å². The number of piperidine rings is 1. The first kappa shape index (κ1) is 9.03. The topological polar surface area (TPSA) is 21.1 Å². The summed E-state index contributed by atoms with van der Waals surface area (Å²) in [5.41, 5.74) is 0. The maximum Gasteiger partial charge on any atom is 0.202 e. The largest absolute Gasteiger partial charge is 0.317 e. The molecule has 0 spiro atoms. The molecule has 72 valence electrons. The van der Waals surface area contributed by atoms with Crippen molar-refractivity contribution < 1.29 is 0 Å². The van der Waals surface area contributed by atoms with Gasteiger partial charge in [0.2, 0.25) is 5.28 Å². The predicted molar refractivity (Wildman–Crippen MR) is 53.0 cm³/mol. The summed E-state index contributed by atoms with van der Waals surface area (Å²) in [4.78, 5) is 6.36. The van der Waals surface area contributed by atoms with Crippen LogP contribution in [0.2, 0.25) is 5.28 Å². The van der Waals surface area contributed by atoms with Crippen molar-refractivity contribution in [3.05, 3.63) is 17.7 Å². The Bertz CT molecular complexity index is 284. The lowest BCUT2D eigenvalue weighted by Gasteiger charge is -2.30. The minimum atomic E-state index is 0.508. The monoisotopic (exact) mass is 199 g/mol. The Labute approximate surface area is 83.3 Å². The molecule has 3 nitrogen and oxygen atoms in total. The second-order valence-corrected chi connectivity index (χ2v) is 4.00. The fourth-order valence-corrected chi connectivity index (χ4v) is 2.18. The number of nitrogens with zero attached hydrogens (tertiary/aromatic N) is 3. The number of hydrogen-bond acceptors (Lipinski definition) is 2. The second-order valence-electron chi connectivity index (χ2n) is 3.66. The third-order valence-electron chi connectivity index (χ3n) is 2.61. The number of halogens is 1. The zero-order valence-corrected chi connectivity index (χ0v) is 8.54. The molecule has 0 aliphatic carbocycles. The van der Waals surface area contributed by atoms with Crippen LogP contribution in [0, 0.1) is 0 Å². The van der Waals surface area contributed by atoms with Crippen LogP contribution in [-0.4, -0.2) is 34.6 Å². The van der Waals surface area contributed by atoms with E-state index in [1.807, 2.05) is 6.20 Å². The van der Waals surface area contributed by atoms with Gasteiger partial charge in [0, 0.05) is 25.0 Å².